The Labute approximate surface area is 159 Å². The largest absolute Gasteiger partial charge is 0.439 e. The van der Waals surface area contributed by atoms with Gasteiger partial charge in [0.1, 0.15) is 11.6 Å². The predicted octanol–water partition coefficient (Wildman–Crippen LogP) is 3.49. The van der Waals surface area contributed by atoms with Gasteiger partial charge in [-0.05, 0) is 38.5 Å². The molecule has 1 heterocycles. The van der Waals surface area contributed by atoms with Crippen LogP contribution in [-0.2, 0) is 11.3 Å². The molecule has 0 radical (unpaired) electrons. The number of aromatic nitrogens is 1. The molecule has 0 aliphatic carbocycles. The quantitative estimate of drug-likeness (QED) is 0.379. The van der Waals surface area contributed by atoms with Crippen molar-refractivity contribution in [1.29, 1.82) is 0 Å². The van der Waals surface area contributed by atoms with Crippen molar-refractivity contribution in [2.24, 2.45) is 4.99 Å². The van der Waals surface area contributed by atoms with E-state index in [0.717, 1.165) is 44.2 Å². The van der Waals surface area contributed by atoms with Crippen LogP contribution in [-0.4, -0.2) is 37.2 Å². The van der Waals surface area contributed by atoms with Gasteiger partial charge in [0.05, 0.1) is 6.54 Å². The Morgan fingerprint density at radius 3 is 2.85 bits per heavy atom. The van der Waals surface area contributed by atoms with Gasteiger partial charge in [0.25, 0.3) is 0 Å². The monoisotopic (exact) mass is 374 g/mol. The third-order valence-corrected chi connectivity index (χ3v) is 3.57. The van der Waals surface area contributed by atoms with Crippen molar-refractivity contribution in [3.8, 4) is 11.6 Å². The molecule has 1 aromatic carbocycles. The number of nitrogens with one attached hydrogen (secondary N) is 2. The van der Waals surface area contributed by atoms with Gasteiger partial charge in [-0.25, -0.2) is 14.4 Å². The topological polar surface area (TPSA) is 67.8 Å². The average Bonchev–Trinajstić information content (AvgIpc) is 2.67. The lowest BCUT2D eigenvalue weighted by Crippen LogP contribution is -2.38. The highest BCUT2D eigenvalue weighted by Crippen LogP contribution is 2.23. The molecule has 2 N–H and O–H groups in total. The van der Waals surface area contributed by atoms with Crippen LogP contribution < -0.4 is 15.4 Å². The lowest BCUT2D eigenvalue weighted by Gasteiger charge is -2.12. The molecule has 0 saturated carbocycles. The molecular formula is C20H27FN4O2. The maximum atomic E-state index is 13.4. The van der Waals surface area contributed by atoms with Gasteiger partial charge in [0, 0.05) is 44.1 Å². The molecule has 0 saturated heterocycles. The van der Waals surface area contributed by atoms with E-state index < -0.39 is 0 Å². The Kier molecular flexibility index (Phi) is 9.06. The number of aliphatic imine (C=N–C) groups is 1. The van der Waals surface area contributed by atoms with Crippen molar-refractivity contribution in [1.82, 2.24) is 15.6 Å². The van der Waals surface area contributed by atoms with E-state index in [1.165, 1.54) is 12.1 Å². The number of nitrogens with zero attached hydrogens (tertiary/aromatic N) is 2. The summed E-state index contributed by atoms with van der Waals surface area (Å²) in [7, 11) is 0. The summed E-state index contributed by atoms with van der Waals surface area (Å²) in [4.78, 5) is 8.83. The van der Waals surface area contributed by atoms with Gasteiger partial charge in [-0.1, -0.05) is 12.1 Å². The van der Waals surface area contributed by atoms with E-state index in [9.17, 15) is 4.39 Å². The summed E-state index contributed by atoms with van der Waals surface area (Å²) in [6.07, 6.45) is 2.54. The van der Waals surface area contributed by atoms with Gasteiger partial charge in [0.2, 0.25) is 5.88 Å². The predicted molar refractivity (Wildman–Crippen MR) is 105 cm³/mol. The first-order valence-corrected chi connectivity index (χ1v) is 9.20. The van der Waals surface area contributed by atoms with Crippen LogP contribution in [0, 0.1) is 5.82 Å². The van der Waals surface area contributed by atoms with Gasteiger partial charge in [-0.15, -0.1) is 0 Å². The van der Waals surface area contributed by atoms with Crippen molar-refractivity contribution in [3.63, 3.8) is 0 Å². The fraction of sp³-hybridized carbons (Fsp3) is 0.400. The van der Waals surface area contributed by atoms with Crippen LogP contribution in [0.5, 0.6) is 11.6 Å². The van der Waals surface area contributed by atoms with Crippen LogP contribution in [0.25, 0.3) is 0 Å². The molecule has 0 aliphatic rings. The van der Waals surface area contributed by atoms with Crippen LogP contribution in [0.3, 0.4) is 0 Å². The van der Waals surface area contributed by atoms with Crippen LogP contribution >= 0.6 is 0 Å². The fourth-order valence-corrected chi connectivity index (χ4v) is 2.31. The molecule has 0 amide bonds. The number of guanidine groups is 1. The van der Waals surface area contributed by atoms with Gasteiger partial charge in [-0.2, -0.15) is 0 Å². The first kappa shape index (κ1) is 20.6. The van der Waals surface area contributed by atoms with Crippen molar-refractivity contribution < 1.29 is 13.9 Å². The number of pyridine rings is 1. The SMILES string of the molecule is CCNC(=NCc1cccnc1Oc1cccc(F)c1)NCCCOCC. The van der Waals surface area contributed by atoms with Crippen molar-refractivity contribution >= 4 is 5.96 Å². The Hall–Kier alpha value is -2.67. The van der Waals surface area contributed by atoms with Crippen molar-refractivity contribution in [2.75, 3.05) is 26.3 Å². The normalized spacial score (nSPS) is 11.3. The second kappa shape index (κ2) is 11.9. The zero-order valence-electron chi connectivity index (χ0n) is 15.9. The van der Waals surface area contributed by atoms with E-state index in [4.69, 9.17) is 9.47 Å². The lowest BCUT2D eigenvalue weighted by atomic mass is 10.2. The third kappa shape index (κ3) is 7.62. The summed E-state index contributed by atoms with van der Waals surface area (Å²) >= 11 is 0. The van der Waals surface area contributed by atoms with Crippen LogP contribution in [0.1, 0.15) is 25.8 Å². The van der Waals surface area contributed by atoms with Gasteiger partial charge >= 0.3 is 0 Å². The molecule has 2 aromatic rings. The Morgan fingerprint density at radius 1 is 1.19 bits per heavy atom. The minimum atomic E-state index is -0.353. The number of rotatable bonds is 10. The minimum absolute atomic E-state index is 0.353. The summed E-state index contributed by atoms with van der Waals surface area (Å²) < 4.78 is 24.4. The lowest BCUT2D eigenvalue weighted by molar-refractivity contribution is 0.145. The number of ether oxygens (including phenoxy) is 2. The summed E-state index contributed by atoms with van der Waals surface area (Å²) in [5.74, 6) is 1.18. The number of halogens is 1. The first-order chi connectivity index (χ1) is 13.2. The molecule has 1 aromatic heterocycles. The average molecular weight is 374 g/mol. The minimum Gasteiger partial charge on any atom is -0.439 e. The summed E-state index contributed by atoms with van der Waals surface area (Å²) in [5, 5.41) is 6.48. The van der Waals surface area contributed by atoms with E-state index in [-0.39, 0.29) is 5.82 Å². The highest BCUT2D eigenvalue weighted by Gasteiger charge is 2.07. The molecule has 6 nitrogen and oxygen atoms in total. The fourth-order valence-electron chi connectivity index (χ4n) is 2.31. The Morgan fingerprint density at radius 2 is 2.07 bits per heavy atom. The van der Waals surface area contributed by atoms with Gasteiger partial charge in [0.15, 0.2) is 5.96 Å². The van der Waals surface area contributed by atoms with E-state index in [2.05, 4.69) is 20.6 Å². The molecule has 0 fully saturated rings. The smallest absolute Gasteiger partial charge is 0.224 e. The van der Waals surface area contributed by atoms with Crippen molar-refractivity contribution in [3.05, 3.63) is 54.0 Å². The zero-order valence-corrected chi connectivity index (χ0v) is 15.9. The maximum Gasteiger partial charge on any atom is 0.224 e. The Balaban J connectivity index is 2.00. The zero-order chi connectivity index (χ0) is 19.3. The summed E-state index contributed by atoms with van der Waals surface area (Å²) in [6.45, 7) is 7.36. The molecule has 0 unspecified atom stereocenters. The summed E-state index contributed by atoms with van der Waals surface area (Å²) in [6, 6.07) is 9.70. The maximum absolute atomic E-state index is 13.4. The standard InChI is InChI=1S/C20H27FN4O2/c1-3-22-20(24-12-7-13-26-4-2)25-15-16-8-6-11-23-19(16)27-18-10-5-9-17(21)14-18/h5-6,8-11,14H,3-4,7,12-13,15H2,1-2H3,(H2,22,24,25). The molecule has 0 atom stereocenters. The van der Waals surface area contributed by atoms with E-state index in [1.54, 1.807) is 18.3 Å². The van der Waals surface area contributed by atoms with Crippen molar-refractivity contribution in [2.45, 2.75) is 26.8 Å². The van der Waals surface area contributed by atoms with Gasteiger partial charge in [-0.3, -0.25) is 0 Å². The molecular weight excluding hydrogens is 347 g/mol. The van der Waals surface area contributed by atoms with Crippen LogP contribution in [0.15, 0.2) is 47.6 Å². The van der Waals surface area contributed by atoms with Gasteiger partial charge < -0.3 is 20.1 Å². The third-order valence-electron chi connectivity index (χ3n) is 3.57. The second-order valence-corrected chi connectivity index (χ2v) is 5.70. The van der Waals surface area contributed by atoms with Crippen LogP contribution in [0.4, 0.5) is 4.39 Å². The first-order valence-electron chi connectivity index (χ1n) is 9.20. The number of hydrogen-bond acceptors (Lipinski definition) is 4. The highest BCUT2D eigenvalue weighted by atomic mass is 19.1. The Bertz CT molecular complexity index is 725. The van der Waals surface area contributed by atoms with Crippen LogP contribution in [0.2, 0.25) is 0 Å². The van der Waals surface area contributed by atoms with E-state index >= 15 is 0 Å². The second-order valence-electron chi connectivity index (χ2n) is 5.70. The number of benzene rings is 1. The molecule has 2 rings (SSSR count). The molecule has 146 valence electrons. The van der Waals surface area contributed by atoms with E-state index in [0.29, 0.717) is 18.2 Å². The molecule has 0 spiro atoms. The number of hydrogen-bond donors (Lipinski definition) is 2. The molecule has 0 bridgehead atoms. The summed E-state index contributed by atoms with van der Waals surface area (Å²) in [5.41, 5.74) is 0.813. The molecule has 27 heavy (non-hydrogen) atoms. The molecule has 7 heteroatoms. The highest BCUT2D eigenvalue weighted by molar-refractivity contribution is 5.79. The molecule has 0 aliphatic heterocycles. The van der Waals surface area contributed by atoms with E-state index in [1.807, 2.05) is 26.0 Å².